The minimum atomic E-state index is -0.484. The highest BCUT2D eigenvalue weighted by Gasteiger charge is 2.21. The molecule has 0 saturated heterocycles. The van der Waals surface area contributed by atoms with Crippen molar-refractivity contribution in [3.05, 3.63) is 206 Å². The smallest absolute Gasteiger partial charge is 0.165 e. The first-order valence-electron chi connectivity index (χ1n) is 23.0. The number of fused-ring (bicyclic) bond motifs is 12. The molecule has 288 valence electrons. The predicted molar refractivity (Wildman–Crippen MR) is 261 cm³/mol. The molecule has 0 N–H and O–H groups in total. The molecule has 0 aliphatic heterocycles. The summed E-state index contributed by atoms with van der Waals surface area (Å²) in [5, 5.41) is 11.0. The Bertz CT molecular complexity index is 4120. The van der Waals surface area contributed by atoms with Crippen LogP contribution in [0.2, 0.25) is 0 Å². The minimum absolute atomic E-state index is 0.0108. The molecule has 0 aliphatic rings. The molecule has 13 aromatic rings. The zero-order valence-electron chi connectivity index (χ0n) is 37.9. The third kappa shape index (κ3) is 5.42. The number of benzene rings is 10. The fraction of sp³-hybridized carbons (Fsp3) is 0. The Morgan fingerprint density at radius 1 is 0.371 bits per heavy atom. The van der Waals surface area contributed by atoms with Crippen LogP contribution in [0.5, 0.6) is 0 Å². The SMILES string of the molecule is [2H]c1c([2H])c([2H])c(-c2nc(-c3ccc4c5ccccc5c5ccccc5c4c3)nc(-c3cc(-n4c5ccccc5c5ccccc54)cc4c3sc3cc(-c5ccccc5)ccc34)n2)c([2H])c1[2H]. The molecule has 0 aliphatic carbocycles. The van der Waals surface area contributed by atoms with Gasteiger partial charge in [0.05, 0.1) is 17.9 Å². The summed E-state index contributed by atoms with van der Waals surface area (Å²) in [5.41, 5.74) is 6.56. The standard InChI is InChI=1S/C57H34N4S/c1-3-15-35(16-4-1)37-27-30-47-49-33-39(61-51-25-13-11-23-45(51)46-24-12-14-26-52(46)61)34-50(54(49)62-53(47)32-37)57-59-55(36-17-5-2-6-18-36)58-56(60-57)38-28-29-44-42-21-8-7-19-40(42)41-20-9-10-22-43(41)48(44)31-38/h1-34H/i2D,5D,6D,17D,18D. The molecule has 3 aromatic heterocycles. The molecule has 0 unspecified atom stereocenters. The maximum Gasteiger partial charge on any atom is 0.165 e. The molecule has 3 heterocycles. The van der Waals surface area contributed by atoms with Gasteiger partial charge in [-0.25, -0.2) is 15.0 Å². The first-order valence-corrected chi connectivity index (χ1v) is 21.3. The molecular formula is C57H34N4S. The molecule has 0 bridgehead atoms. The molecule has 0 spiro atoms. The van der Waals surface area contributed by atoms with E-state index in [0.717, 1.165) is 96.7 Å². The van der Waals surface area contributed by atoms with Gasteiger partial charge in [-0.1, -0.05) is 170 Å². The summed E-state index contributed by atoms with van der Waals surface area (Å²) in [6.45, 7) is 0. The van der Waals surface area contributed by atoms with E-state index in [1.54, 1.807) is 11.3 Å². The van der Waals surface area contributed by atoms with Gasteiger partial charge >= 0.3 is 0 Å². The van der Waals surface area contributed by atoms with Crippen molar-refractivity contribution in [1.29, 1.82) is 0 Å². The van der Waals surface area contributed by atoms with Crippen LogP contribution >= 0.6 is 11.3 Å². The molecule has 13 rings (SSSR count). The Morgan fingerprint density at radius 3 is 1.58 bits per heavy atom. The van der Waals surface area contributed by atoms with E-state index in [-0.39, 0.29) is 23.5 Å². The third-order valence-electron chi connectivity index (χ3n) is 12.1. The number of thiophene rings is 1. The van der Waals surface area contributed by atoms with Crippen molar-refractivity contribution in [1.82, 2.24) is 19.5 Å². The van der Waals surface area contributed by atoms with Crippen LogP contribution in [-0.2, 0) is 0 Å². The maximum atomic E-state index is 9.10. The van der Waals surface area contributed by atoms with Crippen LogP contribution in [0.3, 0.4) is 0 Å². The van der Waals surface area contributed by atoms with Crippen LogP contribution in [0.1, 0.15) is 6.85 Å². The van der Waals surface area contributed by atoms with E-state index in [4.69, 9.17) is 21.8 Å². The molecule has 5 heteroatoms. The number of hydrogen-bond donors (Lipinski definition) is 0. The van der Waals surface area contributed by atoms with Crippen LogP contribution in [-0.4, -0.2) is 19.5 Å². The lowest BCUT2D eigenvalue weighted by molar-refractivity contribution is 1.08. The molecule has 0 atom stereocenters. The van der Waals surface area contributed by atoms with E-state index < -0.39 is 18.1 Å². The van der Waals surface area contributed by atoms with Crippen molar-refractivity contribution in [2.75, 3.05) is 0 Å². The maximum absolute atomic E-state index is 9.10. The average Bonchev–Trinajstić information content (AvgIpc) is 3.93. The van der Waals surface area contributed by atoms with Gasteiger partial charge in [-0.3, -0.25) is 0 Å². The summed E-state index contributed by atoms with van der Waals surface area (Å²) in [4.78, 5) is 15.5. The minimum Gasteiger partial charge on any atom is -0.309 e. The van der Waals surface area contributed by atoms with Crippen LogP contribution in [0.15, 0.2) is 206 Å². The molecule has 62 heavy (non-hydrogen) atoms. The van der Waals surface area contributed by atoms with Crippen LogP contribution in [0, 0.1) is 0 Å². The second-order valence-corrected chi connectivity index (χ2v) is 16.6. The van der Waals surface area contributed by atoms with Crippen molar-refractivity contribution >= 4 is 85.6 Å². The van der Waals surface area contributed by atoms with Gasteiger partial charge in [0.25, 0.3) is 0 Å². The molecular weight excluding hydrogens is 773 g/mol. The summed E-state index contributed by atoms with van der Waals surface area (Å²) in [7, 11) is 0. The summed E-state index contributed by atoms with van der Waals surface area (Å²) >= 11 is 1.66. The zero-order chi connectivity index (χ0) is 45.1. The lowest BCUT2D eigenvalue weighted by Crippen LogP contribution is -2.01. The van der Waals surface area contributed by atoms with Crippen LogP contribution in [0.25, 0.3) is 125 Å². The van der Waals surface area contributed by atoms with Crippen molar-refractivity contribution in [3.8, 4) is 51.0 Å². The number of hydrogen-bond acceptors (Lipinski definition) is 4. The Kier molecular flexibility index (Phi) is 6.69. The van der Waals surface area contributed by atoms with Crippen molar-refractivity contribution < 1.29 is 6.85 Å². The zero-order valence-corrected chi connectivity index (χ0v) is 33.8. The van der Waals surface area contributed by atoms with Gasteiger partial charge in [-0.2, -0.15) is 0 Å². The molecule has 4 nitrogen and oxygen atoms in total. The van der Waals surface area contributed by atoms with Gasteiger partial charge in [0.2, 0.25) is 0 Å². The van der Waals surface area contributed by atoms with Gasteiger partial charge in [0.15, 0.2) is 17.5 Å². The summed E-state index contributed by atoms with van der Waals surface area (Å²) in [6.07, 6.45) is 0. The molecule has 0 amide bonds. The summed E-state index contributed by atoms with van der Waals surface area (Å²) in [5.74, 6) is 0.620. The highest BCUT2D eigenvalue weighted by Crippen LogP contribution is 2.44. The van der Waals surface area contributed by atoms with Gasteiger partial charge in [-0.15, -0.1) is 11.3 Å². The number of nitrogens with zero attached hydrogens (tertiary/aromatic N) is 4. The Labute approximate surface area is 367 Å². The normalized spacial score (nSPS) is 13.0. The summed E-state index contributed by atoms with van der Waals surface area (Å²) < 4.78 is 48.3. The lowest BCUT2D eigenvalue weighted by Gasteiger charge is -2.14. The second-order valence-electron chi connectivity index (χ2n) is 15.6. The van der Waals surface area contributed by atoms with Crippen LogP contribution in [0.4, 0.5) is 0 Å². The van der Waals surface area contributed by atoms with Crippen molar-refractivity contribution in [2.24, 2.45) is 0 Å². The highest BCUT2D eigenvalue weighted by atomic mass is 32.1. The van der Waals surface area contributed by atoms with E-state index in [1.807, 2.05) is 30.3 Å². The van der Waals surface area contributed by atoms with E-state index >= 15 is 0 Å². The van der Waals surface area contributed by atoms with E-state index in [1.165, 1.54) is 0 Å². The molecule has 0 saturated carbocycles. The van der Waals surface area contributed by atoms with E-state index in [9.17, 15) is 0 Å². The number of rotatable bonds is 5. The van der Waals surface area contributed by atoms with E-state index in [0.29, 0.717) is 17.2 Å². The second kappa shape index (κ2) is 13.8. The largest absolute Gasteiger partial charge is 0.309 e. The number of aromatic nitrogens is 4. The van der Waals surface area contributed by atoms with Crippen LogP contribution < -0.4 is 0 Å². The number of para-hydroxylation sites is 2. The predicted octanol–water partition coefficient (Wildman–Crippen LogP) is 15.5. The third-order valence-corrected chi connectivity index (χ3v) is 13.3. The first-order chi connectivity index (χ1) is 32.8. The Hall–Kier alpha value is -7.99. The average molecular weight is 812 g/mol. The van der Waals surface area contributed by atoms with Gasteiger partial charge in [-0.05, 0) is 79.8 Å². The van der Waals surface area contributed by atoms with E-state index in [2.05, 4.69) is 150 Å². The fourth-order valence-corrected chi connectivity index (χ4v) is 10.5. The van der Waals surface area contributed by atoms with Gasteiger partial charge in [0, 0.05) is 53.3 Å². The molecule has 0 fully saturated rings. The Balaban J connectivity index is 1.14. The Morgan fingerprint density at radius 2 is 0.903 bits per heavy atom. The topological polar surface area (TPSA) is 43.6 Å². The quantitative estimate of drug-likeness (QED) is 0.163. The fourth-order valence-electron chi connectivity index (χ4n) is 9.31. The highest BCUT2D eigenvalue weighted by molar-refractivity contribution is 7.26. The monoisotopic (exact) mass is 811 g/mol. The summed E-state index contributed by atoms with van der Waals surface area (Å²) in [6, 6.07) is 59.0. The molecule has 10 aromatic carbocycles. The van der Waals surface area contributed by atoms with Crippen molar-refractivity contribution in [3.63, 3.8) is 0 Å². The lowest BCUT2D eigenvalue weighted by atomic mass is 9.93. The molecule has 0 radical (unpaired) electrons. The van der Waals surface area contributed by atoms with Crippen molar-refractivity contribution in [2.45, 2.75) is 0 Å². The van der Waals surface area contributed by atoms with Gasteiger partial charge in [0.1, 0.15) is 0 Å². The first kappa shape index (κ1) is 30.1. The van der Waals surface area contributed by atoms with Gasteiger partial charge < -0.3 is 4.57 Å².